The van der Waals surface area contributed by atoms with E-state index >= 15 is 0 Å². The van der Waals surface area contributed by atoms with Crippen LogP contribution in [0.3, 0.4) is 0 Å². The molecule has 0 radical (unpaired) electrons. The highest BCUT2D eigenvalue weighted by Gasteiger charge is 1.84. The van der Waals surface area contributed by atoms with Crippen molar-refractivity contribution in [2.45, 2.75) is 39.0 Å². The van der Waals surface area contributed by atoms with Crippen molar-refractivity contribution in [2.75, 3.05) is 0 Å². The van der Waals surface area contributed by atoms with Crippen LogP contribution in [0.25, 0.3) is 0 Å². The van der Waals surface area contributed by atoms with Crippen LogP contribution in [0.2, 0.25) is 0 Å². The van der Waals surface area contributed by atoms with E-state index in [1.807, 2.05) is 6.79 Å². The molecule has 0 rings (SSSR count). The lowest BCUT2D eigenvalue weighted by Crippen LogP contribution is -2.60. The summed E-state index contributed by atoms with van der Waals surface area (Å²) in [5.74, 6) is 0. The Kier molecular flexibility index (Phi) is 18.7. The fraction of sp³-hybridized carbons (Fsp3) is 0.750. The SMILES string of the molecule is C=O.CCCCCCC=[NH+][O-]. The van der Waals surface area contributed by atoms with Crippen LogP contribution in [0.1, 0.15) is 39.0 Å². The van der Waals surface area contributed by atoms with Crippen molar-refractivity contribution in [1.82, 2.24) is 0 Å². The summed E-state index contributed by atoms with van der Waals surface area (Å²) in [6.07, 6.45) is 7.40. The summed E-state index contributed by atoms with van der Waals surface area (Å²) in [6, 6.07) is 0. The molecular weight excluding hydrogens is 142 g/mol. The standard InChI is InChI=1S/C7H15NO.CH2O/c1-2-3-4-5-6-7-8-9;1-2/h7-8H,2-6H2,1H3;1H2. The van der Waals surface area contributed by atoms with Crippen LogP contribution >= 0.6 is 0 Å². The molecule has 0 aromatic rings. The smallest absolute Gasteiger partial charge is 0.148 e. The molecule has 0 aliphatic rings. The zero-order chi connectivity index (χ0) is 8.95. The molecule has 3 nitrogen and oxygen atoms in total. The van der Waals surface area contributed by atoms with Crippen molar-refractivity contribution in [3.63, 3.8) is 0 Å². The molecule has 0 aromatic heterocycles. The first-order valence-electron chi connectivity index (χ1n) is 3.90. The number of rotatable bonds is 5. The lowest BCUT2D eigenvalue weighted by atomic mass is 10.2. The van der Waals surface area contributed by atoms with Crippen LogP contribution in [0.15, 0.2) is 0 Å². The molecule has 0 fully saturated rings. The quantitative estimate of drug-likeness (QED) is 0.273. The minimum atomic E-state index is 0.906. The first-order valence-corrected chi connectivity index (χ1v) is 3.90. The third-order valence-electron chi connectivity index (χ3n) is 1.29. The summed E-state index contributed by atoms with van der Waals surface area (Å²) in [7, 11) is 0. The second-order valence-corrected chi connectivity index (χ2v) is 2.17. The Labute approximate surface area is 68.1 Å². The van der Waals surface area contributed by atoms with E-state index in [-0.39, 0.29) is 0 Å². The number of hydrogen-bond acceptors (Lipinski definition) is 2. The fourth-order valence-corrected chi connectivity index (χ4v) is 0.732. The van der Waals surface area contributed by atoms with E-state index in [9.17, 15) is 5.21 Å². The summed E-state index contributed by atoms with van der Waals surface area (Å²) >= 11 is 0. The Bertz CT molecular complexity index is 84.2. The summed E-state index contributed by atoms with van der Waals surface area (Å²) in [6.45, 7) is 4.18. The average molecular weight is 159 g/mol. The molecule has 11 heavy (non-hydrogen) atoms. The molecular formula is C8H17NO2. The first-order chi connectivity index (χ1) is 5.41. The van der Waals surface area contributed by atoms with Crippen LogP contribution < -0.4 is 5.16 Å². The van der Waals surface area contributed by atoms with Gasteiger partial charge in [-0.3, -0.25) is 0 Å². The first kappa shape index (κ1) is 12.8. The monoisotopic (exact) mass is 159 g/mol. The van der Waals surface area contributed by atoms with Gasteiger partial charge in [0.2, 0.25) is 0 Å². The van der Waals surface area contributed by atoms with E-state index in [4.69, 9.17) is 4.79 Å². The average Bonchev–Trinajstić information content (AvgIpc) is 2.08. The van der Waals surface area contributed by atoms with Gasteiger partial charge in [-0.15, -0.1) is 0 Å². The maximum Gasteiger partial charge on any atom is 0.148 e. The maximum absolute atomic E-state index is 9.66. The number of carbonyl (C=O) groups is 1. The molecule has 1 N–H and O–H groups in total. The fourth-order valence-electron chi connectivity index (χ4n) is 0.732. The van der Waals surface area contributed by atoms with Gasteiger partial charge < -0.3 is 10.0 Å². The molecule has 3 heteroatoms. The minimum Gasteiger partial charge on any atom is -0.626 e. The molecule has 0 amide bonds. The predicted octanol–water partition coefficient (Wildman–Crippen LogP) is 0.421. The van der Waals surface area contributed by atoms with E-state index in [1.165, 1.54) is 19.3 Å². The Morgan fingerprint density at radius 1 is 1.36 bits per heavy atom. The highest BCUT2D eigenvalue weighted by atomic mass is 16.4. The molecule has 0 saturated heterocycles. The Hall–Kier alpha value is -0.860. The van der Waals surface area contributed by atoms with Gasteiger partial charge in [0.15, 0.2) is 0 Å². The minimum absolute atomic E-state index is 0.906. The molecule has 0 aliphatic heterocycles. The lowest BCUT2D eigenvalue weighted by Gasteiger charge is -1.91. The number of carbonyl (C=O) groups excluding carboxylic acids is 1. The molecule has 0 bridgehead atoms. The highest BCUT2D eigenvalue weighted by molar-refractivity contribution is 5.49. The van der Waals surface area contributed by atoms with E-state index in [0.717, 1.165) is 12.8 Å². The summed E-state index contributed by atoms with van der Waals surface area (Å²) in [5, 5.41) is 11.4. The molecule has 0 unspecified atom stereocenters. The molecule has 0 aliphatic carbocycles. The highest BCUT2D eigenvalue weighted by Crippen LogP contribution is 1.99. The molecule has 0 heterocycles. The van der Waals surface area contributed by atoms with Gasteiger partial charge in [-0.1, -0.05) is 26.2 Å². The van der Waals surface area contributed by atoms with Crippen molar-refractivity contribution < 1.29 is 9.95 Å². The third kappa shape index (κ3) is 17.6. The van der Waals surface area contributed by atoms with E-state index in [0.29, 0.717) is 0 Å². The van der Waals surface area contributed by atoms with Crippen LogP contribution in [0, 0.1) is 5.21 Å². The van der Waals surface area contributed by atoms with Crippen LogP contribution in [-0.4, -0.2) is 13.0 Å². The lowest BCUT2D eigenvalue weighted by molar-refractivity contribution is -0.368. The van der Waals surface area contributed by atoms with Crippen molar-refractivity contribution in [3.05, 3.63) is 5.21 Å². The second kappa shape index (κ2) is 16.1. The van der Waals surface area contributed by atoms with Crippen LogP contribution in [0.5, 0.6) is 0 Å². The van der Waals surface area contributed by atoms with Gasteiger partial charge >= 0.3 is 0 Å². The Morgan fingerprint density at radius 2 is 2.00 bits per heavy atom. The molecule has 0 saturated carbocycles. The molecule has 0 spiro atoms. The van der Waals surface area contributed by atoms with Crippen molar-refractivity contribution in [1.29, 1.82) is 0 Å². The van der Waals surface area contributed by atoms with Crippen LogP contribution in [0.4, 0.5) is 0 Å². The number of unbranched alkanes of at least 4 members (excludes halogenated alkanes) is 4. The van der Waals surface area contributed by atoms with E-state index in [2.05, 4.69) is 6.92 Å². The van der Waals surface area contributed by atoms with Gasteiger partial charge in [-0.05, 0) is 6.42 Å². The van der Waals surface area contributed by atoms with E-state index in [1.54, 1.807) is 11.4 Å². The van der Waals surface area contributed by atoms with Gasteiger partial charge in [0, 0.05) is 6.42 Å². The summed E-state index contributed by atoms with van der Waals surface area (Å²) < 4.78 is 0. The Balaban J connectivity index is 0. The second-order valence-electron chi connectivity index (χ2n) is 2.17. The number of hydrogen-bond donors (Lipinski definition) is 1. The molecule has 66 valence electrons. The van der Waals surface area contributed by atoms with Gasteiger partial charge in [-0.2, -0.15) is 0 Å². The van der Waals surface area contributed by atoms with Gasteiger partial charge in [0.1, 0.15) is 13.0 Å². The molecule has 0 atom stereocenters. The van der Waals surface area contributed by atoms with Crippen LogP contribution in [-0.2, 0) is 4.79 Å². The van der Waals surface area contributed by atoms with Gasteiger partial charge in [-0.25, -0.2) is 5.16 Å². The number of nitrogens with one attached hydrogen (secondary N) is 1. The Morgan fingerprint density at radius 3 is 2.45 bits per heavy atom. The van der Waals surface area contributed by atoms with Gasteiger partial charge in [0.05, 0.1) is 0 Å². The van der Waals surface area contributed by atoms with Crippen molar-refractivity contribution >= 4 is 13.0 Å². The summed E-state index contributed by atoms with van der Waals surface area (Å²) in [4.78, 5) is 8.00. The van der Waals surface area contributed by atoms with Crippen molar-refractivity contribution in [2.24, 2.45) is 0 Å². The molecule has 0 aromatic carbocycles. The largest absolute Gasteiger partial charge is 0.626 e. The van der Waals surface area contributed by atoms with Crippen molar-refractivity contribution in [3.8, 4) is 0 Å². The van der Waals surface area contributed by atoms with E-state index < -0.39 is 0 Å². The maximum atomic E-state index is 9.66. The topological polar surface area (TPSA) is 54.1 Å². The summed E-state index contributed by atoms with van der Waals surface area (Å²) in [5.41, 5.74) is 0. The normalized spacial score (nSPS) is 9.18. The zero-order valence-corrected chi connectivity index (χ0v) is 7.14. The third-order valence-corrected chi connectivity index (χ3v) is 1.29. The van der Waals surface area contributed by atoms with Gasteiger partial charge in [0.25, 0.3) is 0 Å². The predicted molar refractivity (Wildman–Crippen MR) is 46.3 cm³/mol. The zero-order valence-electron chi connectivity index (χ0n) is 7.14.